The Kier molecular flexibility index (Phi) is 4.72. The number of carbonyl (C=O) groups is 1. The third-order valence-electron chi connectivity index (χ3n) is 4.69. The first-order valence-corrected chi connectivity index (χ1v) is 7.95. The Morgan fingerprint density at radius 2 is 1.70 bits per heavy atom. The molecule has 0 aromatic heterocycles. The maximum Gasteiger partial charge on any atom is 0.207 e. The second-order valence-corrected chi connectivity index (χ2v) is 6.11. The second kappa shape index (κ2) is 6.92. The minimum absolute atomic E-state index is 0.253. The lowest BCUT2D eigenvalue weighted by Gasteiger charge is -2.42. The van der Waals surface area contributed by atoms with Crippen LogP contribution in [0.5, 0.6) is 0 Å². The molecule has 0 aliphatic carbocycles. The van der Waals surface area contributed by atoms with E-state index in [1.54, 1.807) is 12.1 Å². The summed E-state index contributed by atoms with van der Waals surface area (Å²) >= 11 is 0. The zero-order valence-corrected chi connectivity index (χ0v) is 13.0. The van der Waals surface area contributed by atoms with E-state index in [0.29, 0.717) is 0 Å². The smallest absolute Gasteiger partial charge is 0.207 e. The summed E-state index contributed by atoms with van der Waals surface area (Å²) in [4.78, 5) is 13.5. The number of hydrogen-bond donors (Lipinski definition) is 1. The van der Waals surface area contributed by atoms with Crippen LogP contribution in [-0.4, -0.2) is 24.4 Å². The van der Waals surface area contributed by atoms with Crippen LogP contribution < -0.4 is 5.32 Å². The summed E-state index contributed by atoms with van der Waals surface area (Å²) < 4.78 is 13.2. The zero-order valence-electron chi connectivity index (χ0n) is 13.0. The molecule has 1 aliphatic heterocycles. The first kappa shape index (κ1) is 15.7. The van der Waals surface area contributed by atoms with Crippen molar-refractivity contribution in [2.75, 3.05) is 13.1 Å². The molecule has 3 rings (SSSR count). The molecule has 0 bridgehead atoms. The van der Waals surface area contributed by atoms with Crippen LogP contribution in [0.1, 0.15) is 24.0 Å². The summed E-state index contributed by atoms with van der Waals surface area (Å²) in [6, 6.07) is 16.9. The molecule has 2 aromatic carbocycles. The summed E-state index contributed by atoms with van der Waals surface area (Å²) in [7, 11) is 0. The van der Waals surface area contributed by atoms with Crippen LogP contribution in [-0.2, 0) is 16.9 Å². The van der Waals surface area contributed by atoms with Gasteiger partial charge in [0.15, 0.2) is 0 Å². The summed E-state index contributed by atoms with van der Waals surface area (Å²) in [6.45, 7) is 2.71. The molecular weight excluding hydrogens is 291 g/mol. The van der Waals surface area contributed by atoms with E-state index in [0.717, 1.165) is 44.4 Å². The predicted octanol–water partition coefficient (Wildman–Crippen LogP) is 3.06. The molecule has 23 heavy (non-hydrogen) atoms. The summed E-state index contributed by atoms with van der Waals surface area (Å²) in [6.07, 6.45) is 2.41. The monoisotopic (exact) mass is 312 g/mol. The Morgan fingerprint density at radius 3 is 2.30 bits per heavy atom. The van der Waals surface area contributed by atoms with Crippen LogP contribution in [0.3, 0.4) is 0 Å². The van der Waals surface area contributed by atoms with E-state index in [4.69, 9.17) is 0 Å². The van der Waals surface area contributed by atoms with Crippen molar-refractivity contribution in [1.82, 2.24) is 10.2 Å². The van der Waals surface area contributed by atoms with Gasteiger partial charge in [-0.3, -0.25) is 9.69 Å². The molecule has 1 aliphatic rings. The fraction of sp³-hybridized carbons (Fsp3) is 0.316. The van der Waals surface area contributed by atoms with Crippen molar-refractivity contribution in [2.24, 2.45) is 0 Å². The standard InChI is InChI=1S/C19H21FN2O/c20-18-8-6-17(7-9-18)19(21-15-23)10-12-22(13-11-19)14-16-4-2-1-3-5-16/h1-9,15H,10-14H2,(H,21,23). The summed E-state index contributed by atoms with van der Waals surface area (Å²) in [5.41, 5.74) is 1.89. The van der Waals surface area contributed by atoms with Crippen LogP contribution in [0.2, 0.25) is 0 Å². The number of rotatable bonds is 5. The Labute approximate surface area is 136 Å². The molecule has 1 amide bonds. The van der Waals surface area contributed by atoms with E-state index in [9.17, 15) is 9.18 Å². The van der Waals surface area contributed by atoms with Crippen molar-refractivity contribution in [3.8, 4) is 0 Å². The molecule has 0 spiro atoms. The number of piperidine rings is 1. The maximum atomic E-state index is 13.2. The molecule has 0 saturated carbocycles. The van der Waals surface area contributed by atoms with Gasteiger partial charge in [0, 0.05) is 19.6 Å². The highest BCUT2D eigenvalue weighted by Crippen LogP contribution is 2.33. The molecule has 1 fully saturated rings. The zero-order chi connectivity index (χ0) is 16.1. The van der Waals surface area contributed by atoms with Gasteiger partial charge >= 0.3 is 0 Å². The van der Waals surface area contributed by atoms with Crippen molar-refractivity contribution in [3.05, 3.63) is 71.5 Å². The molecule has 1 saturated heterocycles. The van der Waals surface area contributed by atoms with Gasteiger partial charge in [-0.15, -0.1) is 0 Å². The van der Waals surface area contributed by atoms with Gasteiger partial charge in [0.2, 0.25) is 6.41 Å². The lowest BCUT2D eigenvalue weighted by molar-refractivity contribution is -0.112. The quantitative estimate of drug-likeness (QED) is 0.861. The summed E-state index contributed by atoms with van der Waals surface area (Å²) in [5.74, 6) is -0.253. The number of nitrogens with one attached hydrogen (secondary N) is 1. The predicted molar refractivity (Wildman–Crippen MR) is 88.2 cm³/mol. The molecular formula is C19H21FN2O. The molecule has 0 atom stereocenters. The SMILES string of the molecule is O=CNC1(c2ccc(F)cc2)CCN(Cc2ccccc2)CC1. The molecule has 4 heteroatoms. The molecule has 1 N–H and O–H groups in total. The number of nitrogens with zero attached hydrogens (tertiary/aromatic N) is 1. The Hall–Kier alpha value is -2.20. The maximum absolute atomic E-state index is 13.2. The fourth-order valence-electron chi connectivity index (χ4n) is 3.33. The average Bonchev–Trinajstić information content (AvgIpc) is 2.59. The van der Waals surface area contributed by atoms with E-state index in [1.807, 2.05) is 6.07 Å². The Balaban J connectivity index is 1.70. The Bertz CT molecular complexity index is 634. The number of carbonyl (C=O) groups excluding carboxylic acids is 1. The fourth-order valence-corrected chi connectivity index (χ4v) is 3.33. The lowest BCUT2D eigenvalue weighted by atomic mass is 9.81. The topological polar surface area (TPSA) is 32.3 Å². The van der Waals surface area contributed by atoms with Crippen LogP contribution >= 0.6 is 0 Å². The molecule has 0 radical (unpaired) electrons. The molecule has 120 valence electrons. The van der Waals surface area contributed by atoms with Gasteiger partial charge in [-0.2, -0.15) is 0 Å². The van der Waals surface area contributed by atoms with E-state index in [1.165, 1.54) is 17.7 Å². The highest BCUT2D eigenvalue weighted by molar-refractivity contribution is 5.50. The van der Waals surface area contributed by atoms with Crippen molar-refractivity contribution in [2.45, 2.75) is 24.9 Å². The van der Waals surface area contributed by atoms with Crippen LogP contribution in [0.25, 0.3) is 0 Å². The normalized spacial score (nSPS) is 17.6. The first-order chi connectivity index (χ1) is 11.2. The molecule has 1 heterocycles. The lowest BCUT2D eigenvalue weighted by Crippen LogP contribution is -2.50. The van der Waals surface area contributed by atoms with Crippen molar-refractivity contribution in [1.29, 1.82) is 0 Å². The van der Waals surface area contributed by atoms with Gasteiger partial charge in [-0.25, -0.2) is 4.39 Å². The van der Waals surface area contributed by atoms with Gasteiger partial charge in [-0.1, -0.05) is 42.5 Å². The molecule has 3 nitrogen and oxygen atoms in total. The highest BCUT2D eigenvalue weighted by Gasteiger charge is 2.35. The van der Waals surface area contributed by atoms with E-state index < -0.39 is 0 Å². The minimum Gasteiger partial charge on any atom is -0.349 e. The van der Waals surface area contributed by atoms with Crippen molar-refractivity contribution >= 4 is 6.41 Å². The van der Waals surface area contributed by atoms with Crippen molar-refractivity contribution in [3.63, 3.8) is 0 Å². The van der Waals surface area contributed by atoms with Gasteiger partial charge < -0.3 is 5.32 Å². The number of likely N-dealkylation sites (tertiary alicyclic amines) is 1. The van der Waals surface area contributed by atoms with E-state index in [-0.39, 0.29) is 11.4 Å². The minimum atomic E-state index is -0.386. The van der Waals surface area contributed by atoms with Crippen molar-refractivity contribution < 1.29 is 9.18 Å². The first-order valence-electron chi connectivity index (χ1n) is 7.95. The third kappa shape index (κ3) is 3.59. The van der Waals surface area contributed by atoms with E-state index in [2.05, 4.69) is 34.5 Å². The number of hydrogen-bond acceptors (Lipinski definition) is 2. The van der Waals surface area contributed by atoms with Crippen LogP contribution in [0.15, 0.2) is 54.6 Å². The van der Waals surface area contributed by atoms with Crippen LogP contribution in [0, 0.1) is 5.82 Å². The van der Waals surface area contributed by atoms with Gasteiger partial charge in [-0.05, 0) is 36.1 Å². The Morgan fingerprint density at radius 1 is 1.04 bits per heavy atom. The van der Waals surface area contributed by atoms with Gasteiger partial charge in [0.25, 0.3) is 0 Å². The van der Waals surface area contributed by atoms with E-state index >= 15 is 0 Å². The molecule has 0 unspecified atom stereocenters. The molecule has 2 aromatic rings. The number of halogens is 1. The largest absolute Gasteiger partial charge is 0.349 e. The third-order valence-corrected chi connectivity index (χ3v) is 4.69. The number of amides is 1. The highest BCUT2D eigenvalue weighted by atomic mass is 19.1. The van der Waals surface area contributed by atoms with Gasteiger partial charge in [0.05, 0.1) is 5.54 Å². The summed E-state index contributed by atoms with van der Waals surface area (Å²) in [5, 5.41) is 2.99. The number of benzene rings is 2. The average molecular weight is 312 g/mol. The van der Waals surface area contributed by atoms with Crippen LogP contribution in [0.4, 0.5) is 4.39 Å². The van der Waals surface area contributed by atoms with Gasteiger partial charge in [0.1, 0.15) is 5.82 Å². The second-order valence-electron chi connectivity index (χ2n) is 6.11.